The first-order valence-corrected chi connectivity index (χ1v) is 7.52. The summed E-state index contributed by atoms with van der Waals surface area (Å²) in [6.07, 6.45) is 1.03. The zero-order chi connectivity index (χ0) is 15.1. The zero-order valence-corrected chi connectivity index (χ0v) is 12.8. The zero-order valence-electron chi connectivity index (χ0n) is 12.8. The Balaban J connectivity index is 1.74. The number of fused-ring (bicyclic) bond motifs is 2. The topological polar surface area (TPSA) is 30.9 Å². The molecule has 0 aromatic heterocycles. The first kappa shape index (κ1) is 13.5. The summed E-state index contributed by atoms with van der Waals surface area (Å²) in [6, 6.07) is 14.9. The second kappa shape index (κ2) is 5.21. The van der Waals surface area contributed by atoms with E-state index >= 15 is 0 Å². The first-order valence-electron chi connectivity index (χ1n) is 7.52. The highest BCUT2D eigenvalue weighted by atomic mass is 16.7. The molecule has 2 aliphatic rings. The number of benzene rings is 2. The summed E-state index contributed by atoms with van der Waals surface area (Å²) in [5.41, 5.74) is 3.70. The molecular weight excluding hydrogens is 278 g/mol. The lowest BCUT2D eigenvalue weighted by atomic mass is 9.89. The van der Waals surface area contributed by atoms with Crippen molar-refractivity contribution >= 4 is 5.69 Å². The fourth-order valence-corrected chi connectivity index (χ4v) is 3.44. The Kier molecular flexibility index (Phi) is 3.19. The van der Waals surface area contributed by atoms with Crippen LogP contribution in [0.3, 0.4) is 0 Å². The number of para-hydroxylation sites is 1. The summed E-state index contributed by atoms with van der Waals surface area (Å²) in [5.74, 6) is 1.66. The first-order chi connectivity index (χ1) is 10.8. The van der Waals surface area contributed by atoms with Crippen LogP contribution in [0.25, 0.3) is 0 Å². The van der Waals surface area contributed by atoms with E-state index in [1.54, 1.807) is 7.11 Å². The molecule has 0 N–H and O–H groups in total. The Morgan fingerprint density at radius 1 is 1.09 bits per heavy atom. The summed E-state index contributed by atoms with van der Waals surface area (Å²) in [5, 5.41) is 0. The van der Waals surface area contributed by atoms with Gasteiger partial charge in [-0.1, -0.05) is 24.3 Å². The van der Waals surface area contributed by atoms with Crippen molar-refractivity contribution in [3.05, 3.63) is 53.6 Å². The number of nitrogens with zero attached hydrogens (tertiary/aromatic N) is 1. The van der Waals surface area contributed by atoms with E-state index in [-0.39, 0.29) is 12.1 Å². The minimum atomic E-state index is 0.114. The molecule has 2 aromatic rings. The standard InChI is InChI=1S/C18H19NO3/c1-19-14-6-4-3-5-13(14)17(20-2)10-15(19)12-7-8-16-18(9-12)22-11-21-16/h3-9,15,17H,10-11H2,1-2H3. The SMILES string of the molecule is COC1CC(c2ccc3c(c2)OCO3)N(C)c2ccccc21. The van der Waals surface area contributed by atoms with Gasteiger partial charge in [0, 0.05) is 31.8 Å². The number of rotatable bonds is 2. The van der Waals surface area contributed by atoms with E-state index in [1.165, 1.54) is 16.8 Å². The number of hydrogen-bond donors (Lipinski definition) is 0. The molecule has 0 spiro atoms. The summed E-state index contributed by atoms with van der Waals surface area (Å²) in [6.45, 7) is 0.308. The van der Waals surface area contributed by atoms with E-state index in [0.717, 1.165) is 17.9 Å². The van der Waals surface area contributed by atoms with Crippen molar-refractivity contribution in [1.82, 2.24) is 0 Å². The van der Waals surface area contributed by atoms with Gasteiger partial charge in [-0.3, -0.25) is 0 Å². The van der Waals surface area contributed by atoms with Gasteiger partial charge in [0.1, 0.15) is 0 Å². The third kappa shape index (κ3) is 2.03. The van der Waals surface area contributed by atoms with Crippen LogP contribution in [0.4, 0.5) is 5.69 Å². The lowest BCUT2D eigenvalue weighted by Gasteiger charge is -2.40. The Morgan fingerprint density at radius 2 is 1.91 bits per heavy atom. The molecule has 4 nitrogen and oxygen atoms in total. The lowest BCUT2D eigenvalue weighted by Crippen LogP contribution is -2.31. The molecule has 2 atom stereocenters. The molecule has 0 saturated heterocycles. The third-order valence-corrected chi connectivity index (χ3v) is 4.63. The minimum absolute atomic E-state index is 0.114. The van der Waals surface area contributed by atoms with E-state index in [1.807, 2.05) is 6.07 Å². The quantitative estimate of drug-likeness (QED) is 0.846. The van der Waals surface area contributed by atoms with Crippen LogP contribution in [0.15, 0.2) is 42.5 Å². The molecule has 0 fully saturated rings. The van der Waals surface area contributed by atoms with E-state index < -0.39 is 0 Å². The predicted octanol–water partition coefficient (Wildman–Crippen LogP) is 3.68. The van der Waals surface area contributed by atoms with E-state index in [9.17, 15) is 0 Å². The molecule has 22 heavy (non-hydrogen) atoms. The molecule has 0 bridgehead atoms. The summed E-state index contributed by atoms with van der Waals surface area (Å²) in [7, 11) is 3.92. The van der Waals surface area contributed by atoms with Gasteiger partial charge < -0.3 is 19.1 Å². The van der Waals surface area contributed by atoms with E-state index in [2.05, 4.69) is 48.3 Å². The maximum absolute atomic E-state index is 5.73. The molecule has 2 aromatic carbocycles. The van der Waals surface area contributed by atoms with Gasteiger partial charge in [0.15, 0.2) is 11.5 Å². The highest BCUT2D eigenvalue weighted by Gasteiger charge is 2.32. The third-order valence-electron chi connectivity index (χ3n) is 4.63. The fourth-order valence-electron chi connectivity index (χ4n) is 3.44. The largest absolute Gasteiger partial charge is 0.454 e. The van der Waals surface area contributed by atoms with Crippen LogP contribution in [0.1, 0.15) is 29.7 Å². The van der Waals surface area contributed by atoms with Crippen LogP contribution in [0, 0.1) is 0 Å². The van der Waals surface area contributed by atoms with E-state index in [0.29, 0.717) is 6.79 Å². The van der Waals surface area contributed by atoms with Crippen LogP contribution in [-0.4, -0.2) is 21.0 Å². The smallest absolute Gasteiger partial charge is 0.231 e. The molecule has 0 saturated carbocycles. The van der Waals surface area contributed by atoms with Crippen molar-refractivity contribution in [3.8, 4) is 11.5 Å². The van der Waals surface area contributed by atoms with Gasteiger partial charge in [-0.15, -0.1) is 0 Å². The van der Waals surface area contributed by atoms with Crippen molar-refractivity contribution in [2.24, 2.45) is 0 Å². The Morgan fingerprint density at radius 3 is 2.77 bits per heavy atom. The molecule has 2 unspecified atom stereocenters. The second-order valence-electron chi connectivity index (χ2n) is 5.76. The average molecular weight is 297 g/mol. The van der Waals surface area contributed by atoms with Crippen LogP contribution in [0.2, 0.25) is 0 Å². The summed E-state index contributed by atoms with van der Waals surface area (Å²) >= 11 is 0. The van der Waals surface area contributed by atoms with Gasteiger partial charge in [-0.05, 0) is 23.8 Å². The Hall–Kier alpha value is -2.20. The van der Waals surface area contributed by atoms with Crippen molar-refractivity contribution in [2.45, 2.75) is 18.6 Å². The van der Waals surface area contributed by atoms with Crippen LogP contribution < -0.4 is 14.4 Å². The highest BCUT2D eigenvalue weighted by Crippen LogP contribution is 2.45. The van der Waals surface area contributed by atoms with Gasteiger partial charge in [0.05, 0.1) is 12.1 Å². The number of hydrogen-bond acceptors (Lipinski definition) is 4. The van der Waals surface area contributed by atoms with Crippen molar-refractivity contribution in [1.29, 1.82) is 0 Å². The van der Waals surface area contributed by atoms with Crippen molar-refractivity contribution in [2.75, 3.05) is 25.9 Å². The molecule has 0 aliphatic carbocycles. The van der Waals surface area contributed by atoms with Gasteiger partial charge >= 0.3 is 0 Å². The lowest BCUT2D eigenvalue weighted by molar-refractivity contribution is 0.0841. The van der Waals surface area contributed by atoms with Gasteiger partial charge in [-0.2, -0.15) is 0 Å². The molecule has 114 valence electrons. The van der Waals surface area contributed by atoms with Crippen molar-refractivity contribution < 1.29 is 14.2 Å². The number of ether oxygens (including phenoxy) is 3. The molecular formula is C18H19NO3. The maximum atomic E-state index is 5.73. The molecule has 4 heteroatoms. The summed E-state index contributed by atoms with van der Waals surface area (Å²) in [4.78, 5) is 2.32. The molecule has 0 amide bonds. The van der Waals surface area contributed by atoms with Gasteiger partial charge in [-0.25, -0.2) is 0 Å². The molecule has 0 radical (unpaired) electrons. The maximum Gasteiger partial charge on any atom is 0.231 e. The second-order valence-corrected chi connectivity index (χ2v) is 5.76. The monoisotopic (exact) mass is 297 g/mol. The van der Waals surface area contributed by atoms with Crippen LogP contribution in [-0.2, 0) is 4.74 Å². The fraction of sp³-hybridized carbons (Fsp3) is 0.333. The number of anilines is 1. The highest BCUT2D eigenvalue weighted by molar-refractivity contribution is 5.59. The van der Waals surface area contributed by atoms with Crippen molar-refractivity contribution in [3.63, 3.8) is 0 Å². The normalized spacial score (nSPS) is 22.5. The minimum Gasteiger partial charge on any atom is -0.454 e. The Labute approximate surface area is 130 Å². The molecule has 2 aliphatic heterocycles. The van der Waals surface area contributed by atoms with Crippen LogP contribution >= 0.6 is 0 Å². The molecule has 2 heterocycles. The average Bonchev–Trinajstić information content (AvgIpc) is 3.03. The van der Waals surface area contributed by atoms with Gasteiger partial charge in [0.25, 0.3) is 0 Å². The molecule has 4 rings (SSSR count). The Bertz CT molecular complexity index is 700. The van der Waals surface area contributed by atoms with Crippen LogP contribution in [0.5, 0.6) is 11.5 Å². The summed E-state index contributed by atoms with van der Waals surface area (Å²) < 4.78 is 16.6. The van der Waals surface area contributed by atoms with E-state index in [4.69, 9.17) is 14.2 Å². The predicted molar refractivity (Wildman–Crippen MR) is 84.5 cm³/mol. The number of methoxy groups -OCH3 is 1. The van der Waals surface area contributed by atoms with Gasteiger partial charge in [0.2, 0.25) is 6.79 Å².